The summed E-state index contributed by atoms with van der Waals surface area (Å²) >= 11 is 1.59. The van der Waals surface area contributed by atoms with Crippen LogP contribution in [0.4, 0.5) is 0 Å². The molecule has 1 N–H and O–H groups in total. The zero-order chi connectivity index (χ0) is 16.1. The van der Waals surface area contributed by atoms with E-state index in [9.17, 15) is 4.79 Å². The van der Waals surface area contributed by atoms with Gasteiger partial charge in [0.05, 0.1) is 11.3 Å². The summed E-state index contributed by atoms with van der Waals surface area (Å²) in [6.45, 7) is 8.09. The molecule has 2 rings (SSSR count). The van der Waals surface area contributed by atoms with Crippen molar-refractivity contribution < 1.29 is 4.79 Å². The number of hydrogen-bond donors (Lipinski definition) is 1. The van der Waals surface area contributed by atoms with Gasteiger partial charge in [0.2, 0.25) is 5.91 Å². The van der Waals surface area contributed by atoms with E-state index in [0.717, 1.165) is 10.5 Å². The van der Waals surface area contributed by atoms with Crippen LogP contribution in [0.15, 0.2) is 53.4 Å². The first-order chi connectivity index (χ1) is 10.5. The van der Waals surface area contributed by atoms with Crippen molar-refractivity contribution in [2.45, 2.75) is 43.9 Å². The molecule has 0 heterocycles. The molecule has 0 saturated carbocycles. The van der Waals surface area contributed by atoms with Gasteiger partial charge in [-0.15, -0.1) is 11.8 Å². The van der Waals surface area contributed by atoms with Gasteiger partial charge in [-0.3, -0.25) is 4.79 Å². The van der Waals surface area contributed by atoms with Gasteiger partial charge in [-0.1, -0.05) is 47.5 Å². The second kappa shape index (κ2) is 7.50. The van der Waals surface area contributed by atoms with Gasteiger partial charge in [-0.25, -0.2) is 0 Å². The monoisotopic (exact) mass is 313 g/mol. The Kier molecular flexibility index (Phi) is 5.67. The largest absolute Gasteiger partial charge is 0.349 e. The van der Waals surface area contributed by atoms with Crippen LogP contribution in [0.2, 0.25) is 0 Å². The summed E-state index contributed by atoms with van der Waals surface area (Å²) in [5.74, 6) is 0.0682. The van der Waals surface area contributed by atoms with Crippen LogP contribution in [0, 0.1) is 13.8 Å². The third-order valence-electron chi connectivity index (χ3n) is 3.64. The minimum absolute atomic E-state index is 0.0224. The maximum atomic E-state index is 12.3. The van der Waals surface area contributed by atoms with Gasteiger partial charge in [0.25, 0.3) is 0 Å². The molecule has 2 nitrogen and oxygen atoms in total. The van der Waals surface area contributed by atoms with Crippen LogP contribution in [0.1, 0.15) is 36.6 Å². The fraction of sp³-hybridized carbons (Fsp3) is 0.316. The second-order valence-corrected chi connectivity index (χ2v) is 7.13. The van der Waals surface area contributed by atoms with E-state index < -0.39 is 0 Å². The van der Waals surface area contributed by atoms with E-state index in [1.54, 1.807) is 11.8 Å². The lowest BCUT2D eigenvalue weighted by atomic mass is 10.1. The Bertz CT molecular complexity index is 619. The first-order valence-electron chi connectivity index (χ1n) is 7.56. The number of thioether (sulfide) groups is 1. The van der Waals surface area contributed by atoms with Crippen molar-refractivity contribution in [3.8, 4) is 0 Å². The normalized spacial score (nSPS) is 13.5. The smallest absolute Gasteiger partial charge is 0.233 e. The third kappa shape index (κ3) is 4.63. The number of carbonyl (C=O) groups excluding carboxylic acids is 1. The quantitative estimate of drug-likeness (QED) is 0.813. The van der Waals surface area contributed by atoms with Gasteiger partial charge >= 0.3 is 0 Å². The first-order valence-corrected chi connectivity index (χ1v) is 8.44. The van der Waals surface area contributed by atoms with Gasteiger partial charge in [0.1, 0.15) is 0 Å². The van der Waals surface area contributed by atoms with Gasteiger partial charge in [0.15, 0.2) is 0 Å². The summed E-state index contributed by atoms with van der Waals surface area (Å²) in [5.41, 5.74) is 3.59. The molecule has 1 amide bonds. The molecule has 3 heteroatoms. The highest BCUT2D eigenvalue weighted by Crippen LogP contribution is 2.24. The van der Waals surface area contributed by atoms with Crippen molar-refractivity contribution in [1.82, 2.24) is 5.32 Å². The number of benzene rings is 2. The van der Waals surface area contributed by atoms with Crippen LogP contribution in [0.3, 0.4) is 0 Å². The zero-order valence-corrected chi connectivity index (χ0v) is 14.4. The topological polar surface area (TPSA) is 29.1 Å². The Morgan fingerprint density at radius 3 is 1.95 bits per heavy atom. The van der Waals surface area contributed by atoms with Gasteiger partial charge < -0.3 is 5.32 Å². The van der Waals surface area contributed by atoms with E-state index in [1.165, 1.54) is 11.1 Å². The molecule has 0 aliphatic carbocycles. The number of hydrogen-bond acceptors (Lipinski definition) is 2. The lowest BCUT2D eigenvalue weighted by Gasteiger charge is -2.18. The fourth-order valence-corrected chi connectivity index (χ4v) is 3.02. The molecule has 0 aromatic heterocycles. The number of nitrogens with one attached hydrogen (secondary N) is 1. The maximum absolute atomic E-state index is 12.3. The summed E-state index contributed by atoms with van der Waals surface area (Å²) in [4.78, 5) is 13.5. The molecule has 0 aliphatic rings. The molecule has 2 aromatic rings. The van der Waals surface area contributed by atoms with Crippen LogP contribution in [-0.2, 0) is 4.79 Å². The summed E-state index contributed by atoms with van der Waals surface area (Å²) in [5, 5.41) is 2.97. The number of aryl methyl sites for hydroxylation is 2. The lowest BCUT2D eigenvalue weighted by Crippen LogP contribution is -2.33. The van der Waals surface area contributed by atoms with E-state index in [4.69, 9.17) is 0 Å². The molecule has 0 radical (unpaired) electrons. The SMILES string of the molecule is Cc1ccc(S[C@H](C)C(=O)N[C@H](C)c2ccc(C)cc2)cc1. The second-order valence-electron chi connectivity index (χ2n) is 5.71. The molecular formula is C19H23NOS. The van der Waals surface area contributed by atoms with Crippen LogP contribution in [0.25, 0.3) is 0 Å². The average Bonchev–Trinajstić information content (AvgIpc) is 2.50. The van der Waals surface area contributed by atoms with Crippen LogP contribution >= 0.6 is 11.8 Å². The lowest BCUT2D eigenvalue weighted by molar-refractivity contribution is -0.120. The Labute approximate surface area is 137 Å². The van der Waals surface area contributed by atoms with E-state index in [2.05, 4.69) is 67.7 Å². The zero-order valence-electron chi connectivity index (χ0n) is 13.6. The first kappa shape index (κ1) is 16.6. The van der Waals surface area contributed by atoms with E-state index in [-0.39, 0.29) is 17.2 Å². The molecule has 0 spiro atoms. The van der Waals surface area contributed by atoms with Gasteiger partial charge in [-0.05, 0) is 45.4 Å². The minimum atomic E-state index is -0.115. The molecule has 0 bridgehead atoms. The molecule has 0 unspecified atom stereocenters. The van der Waals surface area contributed by atoms with Crippen molar-refractivity contribution in [2.75, 3.05) is 0 Å². The van der Waals surface area contributed by atoms with Crippen LogP contribution in [0.5, 0.6) is 0 Å². The molecule has 116 valence electrons. The highest BCUT2D eigenvalue weighted by Gasteiger charge is 2.17. The molecule has 2 aromatic carbocycles. The van der Waals surface area contributed by atoms with E-state index in [1.807, 2.05) is 13.8 Å². The van der Waals surface area contributed by atoms with Gasteiger partial charge in [0, 0.05) is 4.90 Å². The van der Waals surface area contributed by atoms with Crippen molar-refractivity contribution >= 4 is 17.7 Å². The van der Waals surface area contributed by atoms with Crippen molar-refractivity contribution in [3.05, 3.63) is 65.2 Å². The summed E-state index contributed by atoms with van der Waals surface area (Å²) in [6.07, 6.45) is 0. The molecule has 0 saturated heterocycles. The number of carbonyl (C=O) groups is 1. The Balaban J connectivity index is 1.93. The number of amides is 1. The molecule has 0 fully saturated rings. The summed E-state index contributed by atoms with van der Waals surface area (Å²) in [6, 6.07) is 16.6. The Morgan fingerprint density at radius 1 is 0.909 bits per heavy atom. The standard InChI is InChI=1S/C19H23NOS/c1-13-5-9-17(10-6-13)15(3)20-19(21)16(4)22-18-11-7-14(2)8-12-18/h5-12,15-16H,1-4H3,(H,20,21)/t15-,16-/m1/s1. The highest BCUT2D eigenvalue weighted by atomic mass is 32.2. The molecule has 2 atom stereocenters. The van der Waals surface area contributed by atoms with Crippen molar-refractivity contribution in [1.29, 1.82) is 0 Å². The van der Waals surface area contributed by atoms with Crippen LogP contribution < -0.4 is 5.32 Å². The predicted molar refractivity (Wildman–Crippen MR) is 94.2 cm³/mol. The Hall–Kier alpha value is -1.74. The summed E-state index contributed by atoms with van der Waals surface area (Å²) < 4.78 is 0. The van der Waals surface area contributed by atoms with Gasteiger partial charge in [-0.2, -0.15) is 0 Å². The minimum Gasteiger partial charge on any atom is -0.349 e. The van der Waals surface area contributed by atoms with Crippen LogP contribution in [-0.4, -0.2) is 11.2 Å². The fourth-order valence-electron chi connectivity index (χ4n) is 2.14. The predicted octanol–water partition coefficient (Wildman–Crippen LogP) is 4.66. The molecule has 22 heavy (non-hydrogen) atoms. The maximum Gasteiger partial charge on any atom is 0.233 e. The Morgan fingerprint density at radius 2 is 1.41 bits per heavy atom. The number of rotatable bonds is 5. The van der Waals surface area contributed by atoms with E-state index >= 15 is 0 Å². The highest BCUT2D eigenvalue weighted by molar-refractivity contribution is 8.00. The van der Waals surface area contributed by atoms with Crippen molar-refractivity contribution in [2.24, 2.45) is 0 Å². The molecule has 0 aliphatic heterocycles. The van der Waals surface area contributed by atoms with E-state index in [0.29, 0.717) is 0 Å². The average molecular weight is 313 g/mol. The summed E-state index contributed by atoms with van der Waals surface area (Å²) in [7, 11) is 0. The molecular weight excluding hydrogens is 290 g/mol. The van der Waals surface area contributed by atoms with Crippen molar-refractivity contribution in [3.63, 3.8) is 0 Å². The third-order valence-corrected chi connectivity index (χ3v) is 4.75.